The van der Waals surface area contributed by atoms with Crippen LogP contribution >= 0.6 is 24.1 Å². The molecule has 2 aromatic rings. The monoisotopic (exact) mass is 1000 g/mol. The molecule has 3 aliphatic heterocycles. The number of amides is 2. The molecule has 0 aromatic heterocycles. The van der Waals surface area contributed by atoms with E-state index in [1.807, 2.05) is 86.9 Å². The fraction of sp³-hybridized carbons (Fsp3) is 0.429. The van der Waals surface area contributed by atoms with E-state index >= 15 is 0 Å². The van der Waals surface area contributed by atoms with Crippen molar-refractivity contribution in [3.63, 3.8) is 0 Å². The minimum Gasteiger partial charge on any atom is -0.710 e. The van der Waals surface area contributed by atoms with Crippen LogP contribution in [0.15, 0.2) is 94.4 Å². The van der Waals surface area contributed by atoms with E-state index < -0.39 is 54.5 Å². The predicted molar refractivity (Wildman–Crippen MR) is 238 cm³/mol. The van der Waals surface area contributed by atoms with Gasteiger partial charge in [0.15, 0.2) is 5.71 Å². The zero-order valence-electron chi connectivity index (χ0n) is 37.0. The summed E-state index contributed by atoms with van der Waals surface area (Å²) in [5.41, 5.74) is 3.97. The van der Waals surface area contributed by atoms with Crippen LogP contribution in [0.2, 0.25) is 0 Å². The molecule has 348 valence electrons. The van der Waals surface area contributed by atoms with Crippen LogP contribution in [0, 0.1) is 0 Å². The number of benzene rings is 2. The summed E-state index contributed by atoms with van der Waals surface area (Å²) in [6, 6.07) is 10.4. The minimum absolute atomic E-state index is 0. The first kappa shape index (κ1) is 55.0. The van der Waals surface area contributed by atoms with E-state index in [0.29, 0.717) is 47.3 Å². The molecule has 3 aliphatic rings. The summed E-state index contributed by atoms with van der Waals surface area (Å²) in [5.74, 6) is -1.92. The van der Waals surface area contributed by atoms with E-state index in [-0.39, 0.29) is 94.9 Å². The predicted octanol–water partition coefficient (Wildman–Crippen LogP) is 2.46. The molecule has 5 rings (SSSR count). The number of rotatable bonds is 23. The molecule has 0 unspecified atom stereocenters. The topological polar surface area (TPSA) is 233 Å². The van der Waals surface area contributed by atoms with Crippen LogP contribution < -0.4 is 61.5 Å². The number of carbonyl (C=O) groups is 3. The van der Waals surface area contributed by atoms with Crippen LogP contribution in [0.25, 0.3) is 0 Å². The van der Waals surface area contributed by atoms with Gasteiger partial charge in [0.25, 0.3) is 21.9 Å². The van der Waals surface area contributed by atoms with Gasteiger partial charge < -0.3 is 19.3 Å². The summed E-state index contributed by atoms with van der Waals surface area (Å²) in [7, 11) is -6.75. The summed E-state index contributed by atoms with van der Waals surface area (Å²) in [5, 5.41) is 23.6. The van der Waals surface area contributed by atoms with E-state index in [9.17, 15) is 41.0 Å². The Hall–Kier alpha value is -2.56. The van der Waals surface area contributed by atoms with E-state index in [1.165, 1.54) is 13.1 Å². The summed E-state index contributed by atoms with van der Waals surface area (Å²) in [6.45, 7) is 8.87. The maximum Gasteiger partial charge on any atom is 1.00 e. The van der Waals surface area contributed by atoms with Crippen molar-refractivity contribution in [1.29, 1.82) is 0 Å². The molecule has 0 atom stereocenters. The van der Waals surface area contributed by atoms with Crippen molar-refractivity contribution in [1.82, 2.24) is 9.37 Å². The van der Waals surface area contributed by atoms with Gasteiger partial charge in [-0.2, -0.15) is 13.0 Å². The van der Waals surface area contributed by atoms with Gasteiger partial charge in [0.2, 0.25) is 15.7 Å². The molecule has 18 nitrogen and oxygen atoms in total. The maximum atomic E-state index is 13.8. The molecule has 1 fully saturated rings. The van der Waals surface area contributed by atoms with E-state index in [4.69, 9.17) is 10.1 Å². The number of hydrogen-bond acceptors (Lipinski definition) is 16. The molecule has 2 amide bonds. The Morgan fingerprint density at radius 1 is 0.938 bits per heavy atom. The van der Waals surface area contributed by atoms with Crippen molar-refractivity contribution in [2.45, 2.75) is 86.8 Å². The van der Waals surface area contributed by atoms with Gasteiger partial charge in [-0.1, -0.05) is 49.3 Å². The summed E-state index contributed by atoms with van der Waals surface area (Å²) < 4.78 is 71.7. The summed E-state index contributed by atoms with van der Waals surface area (Å²) >= 11 is 1.64. The van der Waals surface area contributed by atoms with Gasteiger partial charge in [-0.3, -0.25) is 14.1 Å². The fourth-order valence-corrected chi connectivity index (χ4v) is 10.3. The van der Waals surface area contributed by atoms with E-state index in [0.717, 1.165) is 50.3 Å². The Morgan fingerprint density at radius 3 is 2.31 bits per heavy atom. The third-order valence-corrected chi connectivity index (χ3v) is 14.8. The van der Waals surface area contributed by atoms with Crippen LogP contribution in [0.4, 0.5) is 11.4 Å². The normalized spacial score (nSPS) is 17.7. The van der Waals surface area contributed by atoms with Crippen LogP contribution in [0.3, 0.4) is 0 Å². The Bertz CT molecular complexity index is 2460. The Labute approximate surface area is 430 Å². The molecule has 0 aliphatic carbocycles. The quantitative estimate of drug-likeness (QED) is 0.0187. The minimum atomic E-state index is -4.15. The zero-order chi connectivity index (χ0) is 46.9. The fourth-order valence-electron chi connectivity index (χ4n) is 7.82. The van der Waals surface area contributed by atoms with E-state index in [2.05, 4.69) is 18.6 Å². The van der Waals surface area contributed by atoms with E-state index in [1.54, 1.807) is 18.2 Å². The Morgan fingerprint density at radius 2 is 1.63 bits per heavy atom. The molecule has 0 spiro atoms. The average molecular weight is 1000 g/mol. The third kappa shape index (κ3) is 13.8. The van der Waals surface area contributed by atoms with Crippen LogP contribution in [0.1, 0.15) is 77.3 Å². The van der Waals surface area contributed by atoms with Crippen molar-refractivity contribution in [2.75, 3.05) is 43.1 Å². The number of imide groups is 1. The number of hydroxylamine groups is 2. The van der Waals surface area contributed by atoms with Crippen molar-refractivity contribution in [3.05, 3.63) is 95.8 Å². The molecular formula is C42H52KN4O14S4+. The van der Waals surface area contributed by atoms with Crippen molar-refractivity contribution >= 4 is 79.1 Å². The number of hydrogen-bond donors (Lipinski definition) is 2. The molecule has 2 aromatic carbocycles. The average Bonchev–Trinajstić information content (AvgIpc) is 3.74. The van der Waals surface area contributed by atoms with Crippen molar-refractivity contribution in [3.8, 4) is 0 Å². The molecule has 23 heteroatoms. The molecule has 2 N–H and O–H groups in total. The first-order valence-corrected chi connectivity index (χ1v) is 24.9. The number of fused-ring (bicyclic) bond motifs is 2. The zero-order valence-corrected chi connectivity index (χ0v) is 43.4. The second-order valence-electron chi connectivity index (χ2n) is 16.1. The van der Waals surface area contributed by atoms with Crippen molar-refractivity contribution in [2.24, 2.45) is 0 Å². The number of sulfonamides is 1. The largest absolute Gasteiger partial charge is 1.00 e. The van der Waals surface area contributed by atoms with Gasteiger partial charge in [0, 0.05) is 115 Å². The van der Waals surface area contributed by atoms with Gasteiger partial charge in [-0.05, 0) is 68.7 Å². The molecular weight excluding hydrogens is 952 g/mol. The smallest absolute Gasteiger partial charge is 0.710 e. The van der Waals surface area contributed by atoms with Crippen LogP contribution in [-0.4, -0.2) is 102 Å². The second-order valence-corrected chi connectivity index (χ2v) is 21.2. The first-order chi connectivity index (χ1) is 30.2. The number of anilines is 1. The molecule has 3 heterocycles. The van der Waals surface area contributed by atoms with Crippen LogP contribution in [-0.2, 0) is 63.9 Å². The maximum absolute atomic E-state index is 13.8. The molecule has 65 heavy (non-hydrogen) atoms. The van der Waals surface area contributed by atoms with Gasteiger partial charge in [0.1, 0.15) is 6.54 Å². The molecule has 0 bridgehead atoms. The van der Waals surface area contributed by atoms with Gasteiger partial charge in [0.05, 0.1) is 16.1 Å². The SMILES string of the molecule is CN(CCCC(=O)ON1C(=O)CCC1=O)S(=O)(=O)c1ccc2c(c1)C(C)(C)\C(=C/C=C/C=C/C=C/C1=[N+](CCCS(=O)(=O)O)c3ccc(SO[O-])cc3C1(C)C)N2CCCSOOO.[K+]. The van der Waals surface area contributed by atoms with Crippen LogP contribution in [0.5, 0.6) is 0 Å². The molecule has 0 radical (unpaired) electrons. The van der Waals surface area contributed by atoms with Gasteiger partial charge >= 0.3 is 57.4 Å². The third-order valence-electron chi connectivity index (χ3n) is 11.0. The second kappa shape index (κ2) is 24.1. The van der Waals surface area contributed by atoms with Gasteiger partial charge in [-0.25, -0.2) is 22.8 Å². The van der Waals surface area contributed by atoms with Gasteiger partial charge in [-0.15, -0.1) is 9.40 Å². The number of carbonyl (C=O) groups excluding carboxylic acids is 3. The summed E-state index contributed by atoms with van der Waals surface area (Å²) in [4.78, 5) is 43.5. The molecule has 1 saturated heterocycles. The molecule has 0 saturated carbocycles. The number of nitrogens with zero attached hydrogens (tertiary/aromatic N) is 4. The number of allylic oxidation sites excluding steroid dienone is 8. The van der Waals surface area contributed by atoms with Crippen molar-refractivity contribution < 1.29 is 121 Å². The Kier molecular flexibility index (Phi) is 20.4. The standard InChI is InChI=1S/C42H52N4O14S4.K/c1-41(2)32-28-30(62-59-51)17-19-34(32)45(25-13-27-63(52,53)54)36(41)14-9-7-6-8-10-15-37-42(3,4)33-29-31(18-20-35(33)44(37)24-12-26-61-60-58-50)64(55,56)43(5)23-11-16-40(49)57-46-38(47)21-22-39(46)48;/h6-10,14-15,17-20,28-29H,11-13,16,21-27H2,1-5H3,(H2-,50,51,52,53,54);/q;+1. The first-order valence-electron chi connectivity index (χ1n) is 20.2. The Balaban J connectivity index is 0.00000925. The summed E-state index contributed by atoms with van der Waals surface area (Å²) in [6.07, 6.45) is 13.8.